The minimum atomic E-state index is -1.82. The van der Waals surface area contributed by atoms with E-state index in [4.69, 9.17) is 24.5 Å². The van der Waals surface area contributed by atoms with Gasteiger partial charge in [-0.1, -0.05) is 12.1 Å². The highest BCUT2D eigenvalue weighted by Gasteiger charge is 2.35. The summed E-state index contributed by atoms with van der Waals surface area (Å²) in [5.41, 5.74) is 0.930. The molecule has 7 nitrogen and oxygen atoms in total. The van der Waals surface area contributed by atoms with Crippen LogP contribution in [0, 0.1) is 11.7 Å². The number of nitrogens with one attached hydrogen (secondary N) is 1. The van der Waals surface area contributed by atoms with Gasteiger partial charge < -0.3 is 20.3 Å². The molecule has 0 aliphatic carbocycles. The predicted molar refractivity (Wildman–Crippen MR) is 81.8 cm³/mol. The lowest BCUT2D eigenvalue weighted by atomic mass is 9.94. The van der Waals surface area contributed by atoms with Crippen LogP contribution in [0.2, 0.25) is 0 Å². The molecule has 3 N–H and O–H groups in total. The maximum atomic E-state index is 12.9. The van der Waals surface area contributed by atoms with Gasteiger partial charge in [-0.15, -0.1) is 0 Å². The molecule has 2 unspecified atom stereocenters. The fourth-order valence-electron chi connectivity index (χ4n) is 2.30. The Morgan fingerprint density at radius 1 is 1.17 bits per heavy atom. The van der Waals surface area contributed by atoms with Gasteiger partial charge in [0, 0.05) is 6.04 Å². The van der Waals surface area contributed by atoms with Crippen molar-refractivity contribution in [3.05, 3.63) is 35.6 Å². The van der Waals surface area contributed by atoms with E-state index in [-0.39, 0.29) is 29.9 Å². The Kier molecular flexibility index (Phi) is 7.31. The van der Waals surface area contributed by atoms with Crippen LogP contribution in [0.3, 0.4) is 0 Å². The number of ether oxygens (including phenoxy) is 1. The summed E-state index contributed by atoms with van der Waals surface area (Å²) in [5.74, 6) is -4.27. The fraction of sp³-hybridized carbons (Fsp3) is 0.438. The Morgan fingerprint density at radius 3 is 2.17 bits per heavy atom. The van der Waals surface area contributed by atoms with Crippen molar-refractivity contribution in [1.29, 1.82) is 0 Å². The normalized spacial score (nSPS) is 19.3. The average molecular weight is 341 g/mol. The smallest absolute Gasteiger partial charge is 0.414 e. The third-order valence-electron chi connectivity index (χ3n) is 3.29. The van der Waals surface area contributed by atoms with Gasteiger partial charge in [0.1, 0.15) is 5.82 Å². The van der Waals surface area contributed by atoms with Crippen LogP contribution in [0.15, 0.2) is 24.3 Å². The predicted octanol–water partition coefficient (Wildman–Crippen LogP) is 1.58. The van der Waals surface area contributed by atoms with E-state index in [0.29, 0.717) is 0 Å². The summed E-state index contributed by atoms with van der Waals surface area (Å²) in [6, 6.07) is 6.19. The summed E-state index contributed by atoms with van der Waals surface area (Å²) in [4.78, 5) is 30.2. The quantitative estimate of drug-likeness (QED) is 0.565. The van der Waals surface area contributed by atoms with E-state index in [9.17, 15) is 9.18 Å². The zero-order chi connectivity index (χ0) is 18.3. The van der Waals surface area contributed by atoms with E-state index >= 15 is 0 Å². The molecule has 1 heterocycles. The van der Waals surface area contributed by atoms with Gasteiger partial charge in [0.2, 0.25) is 0 Å². The highest BCUT2D eigenvalue weighted by atomic mass is 19.1. The molecule has 1 aromatic rings. The molecule has 0 radical (unpaired) electrons. The van der Waals surface area contributed by atoms with Crippen molar-refractivity contribution in [3.63, 3.8) is 0 Å². The SMILES string of the molecule is CC(C)OC(=O)C1CCNC1c1ccc(F)cc1.O=C(O)C(=O)O. The van der Waals surface area contributed by atoms with E-state index in [1.165, 1.54) is 12.1 Å². The van der Waals surface area contributed by atoms with Gasteiger partial charge in [-0.05, 0) is 44.5 Å². The van der Waals surface area contributed by atoms with Gasteiger partial charge in [0.25, 0.3) is 0 Å². The maximum Gasteiger partial charge on any atom is 0.414 e. The van der Waals surface area contributed by atoms with Crippen molar-refractivity contribution in [1.82, 2.24) is 5.32 Å². The number of carbonyl (C=O) groups is 3. The number of esters is 1. The zero-order valence-electron chi connectivity index (χ0n) is 13.4. The average Bonchev–Trinajstić information content (AvgIpc) is 2.97. The Labute approximate surface area is 138 Å². The number of carbonyl (C=O) groups excluding carboxylic acids is 1. The Hall–Kier alpha value is -2.48. The van der Waals surface area contributed by atoms with E-state index in [1.54, 1.807) is 12.1 Å². The molecule has 1 aliphatic heterocycles. The van der Waals surface area contributed by atoms with E-state index < -0.39 is 11.9 Å². The monoisotopic (exact) mass is 341 g/mol. The molecule has 0 bridgehead atoms. The number of aliphatic carboxylic acids is 2. The molecule has 1 aromatic carbocycles. The molecular formula is C16H20FNO6. The largest absolute Gasteiger partial charge is 0.473 e. The van der Waals surface area contributed by atoms with Crippen LogP contribution >= 0.6 is 0 Å². The fourth-order valence-corrected chi connectivity index (χ4v) is 2.30. The van der Waals surface area contributed by atoms with Gasteiger partial charge in [-0.3, -0.25) is 4.79 Å². The number of halogens is 1. The first-order valence-electron chi connectivity index (χ1n) is 7.38. The Morgan fingerprint density at radius 2 is 1.71 bits per heavy atom. The van der Waals surface area contributed by atoms with Crippen molar-refractivity contribution in [2.75, 3.05) is 6.54 Å². The number of hydrogen-bond acceptors (Lipinski definition) is 5. The third-order valence-corrected chi connectivity index (χ3v) is 3.29. The van der Waals surface area contributed by atoms with Gasteiger partial charge >= 0.3 is 17.9 Å². The first-order valence-corrected chi connectivity index (χ1v) is 7.38. The summed E-state index contributed by atoms with van der Waals surface area (Å²) in [5, 5.41) is 18.1. The summed E-state index contributed by atoms with van der Waals surface area (Å²) in [6.07, 6.45) is 0.653. The summed E-state index contributed by atoms with van der Waals surface area (Å²) in [7, 11) is 0. The second-order valence-corrected chi connectivity index (χ2v) is 5.47. The van der Waals surface area contributed by atoms with Gasteiger partial charge in [-0.2, -0.15) is 0 Å². The molecule has 0 amide bonds. The van der Waals surface area contributed by atoms with E-state index in [1.807, 2.05) is 13.8 Å². The van der Waals surface area contributed by atoms with Crippen molar-refractivity contribution >= 4 is 17.9 Å². The molecule has 2 atom stereocenters. The summed E-state index contributed by atoms with van der Waals surface area (Å²) in [6.45, 7) is 4.46. The van der Waals surface area contributed by atoms with E-state index in [2.05, 4.69) is 5.32 Å². The van der Waals surface area contributed by atoms with Crippen LogP contribution in [0.1, 0.15) is 31.9 Å². The number of hydrogen-bond donors (Lipinski definition) is 3. The molecule has 1 saturated heterocycles. The lowest BCUT2D eigenvalue weighted by molar-refractivity contribution is -0.159. The molecule has 0 spiro atoms. The highest BCUT2D eigenvalue weighted by Crippen LogP contribution is 2.30. The Bertz CT molecular complexity index is 575. The van der Waals surface area contributed by atoms with E-state index in [0.717, 1.165) is 18.5 Å². The lowest BCUT2D eigenvalue weighted by Gasteiger charge is -2.20. The molecule has 1 fully saturated rings. The highest BCUT2D eigenvalue weighted by molar-refractivity contribution is 6.27. The van der Waals surface area contributed by atoms with Gasteiger partial charge in [-0.25, -0.2) is 14.0 Å². The molecule has 1 aliphatic rings. The number of benzene rings is 1. The number of carboxylic acid groups (broad SMARTS) is 2. The number of carboxylic acids is 2. The molecule has 8 heteroatoms. The number of rotatable bonds is 3. The second-order valence-electron chi connectivity index (χ2n) is 5.47. The second kappa shape index (κ2) is 8.97. The molecule has 0 saturated carbocycles. The first kappa shape index (κ1) is 19.6. The summed E-state index contributed by atoms with van der Waals surface area (Å²) >= 11 is 0. The standard InChI is InChI=1S/C14H18FNO2.C2H2O4/c1-9(2)18-14(17)12-7-8-16-13(12)10-3-5-11(15)6-4-10;3-1(4)2(5)6/h3-6,9,12-13,16H,7-8H2,1-2H3;(H,3,4)(H,5,6). The molecule has 2 rings (SSSR count). The van der Waals surface area contributed by atoms with Crippen molar-refractivity contribution in [2.45, 2.75) is 32.4 Å². The maximum absolute atomic E-state index is 12.9. The van der Waals surface area contributed by atoms with Crippen LogP contribution in [0.5, 0.6) is 0 Å². The van der Waals surface area contributed by atoms with Gasteiger partial charge in [0.05, 0.1) is 12.0 Å². The minimum absolute atomic E-state index is 0.0724. The lowest BCUT2D eigenvalue weighted by Crippen LogP contribution is -2.27. The zero-order valence-corrected chi connectivity index (χ0v) is 13.4. The van der Waals surface area contributed by atoms with Crippen molar-refractivity contribution in [2.24, 2.45) is 5.92 Å². The molecular weight excluding hydrogens is 321 g/mol. The summed E-state index contributed by atoms with van der Waals surface area (Å²) < 4.78 is 18.1. The van der Waals surface area contributed by atoms with Crippen LogP contribution in [0.4, 0.5) is 4.39 Å². The Balaban J connectivity index is 0.000000413. The van der Waals surface area contributed by atoms with Crippen molar-refractivity contribution in [3.8, 4) is 0 Å². The molecule has 0 aromatic heterocycles. The van der Waals surface area contributed by atoms with Crippen LogP contribution in [-0.4, -0.2) is 40.8 Å². The van der Waals surface area contributed by atoms with Gasteiger partial charge in [0.15, 0.2) is 0 Å². The molecule has 24 heavy (non-hydrogen) atoms. The van der Waals surface area contributed by atoms with Crippen LogP contribution < -0.4 is 5.32 Å². The first-order chi connectivity index (χ1) is 11.2. The minimum Gasteiger partial charge on any atom is -0.473 e. The molecule has 132 valence electrons. The topological polar surface area (TPSA) is 113 Å². The van der Waals surface area contributed by atoms with Crippen molar-refractivity contribution < 1.29 is 33.7 Å². The van der Waals surface area contributed by atoms with Crippen LogP contribution in [0.25, 0.3) is 0 Å². The third kappa shape index (κ3) is 5.96. The van der Waals surface area contributed by atoms with Crippen LogP contribution in [-0.2, 0) is 19.1 Å².